The van der Waals surface area contributed by atoms with Crippen LogP contribution >= 0.6 is 0 Å². The van der Waals surface area contributed by atoms with E-state index in [-0.39, 0.29) is 0 Å². The van der Waals surface area contributed by atoms with Gasteiger partial charge < -0.3 is 9.88 Å². The van der Waals surface area contributed by atoms with Crippen LogP contribution in [0.15, 0.2) is 12.5 Å². The van der Waals surface area contributed by atoms with Gasteiger partial charge in [0.05, 0.1) is 12.0 Å². The molecule has 15 heavy (non-hydrogen) atoms. The van der Waals surface area contributed by atoms with Crippen molar-refractivity contribution >= 4 is 0 Å². The number of imidazole rings is 1. The third-order valence-corrected chi connectivity index (χ3v) is 3.34. The molecule has 1 fully saturated rings. The molecule has 1 aromatic rings. The van der Waals surface area contributed by atoms with Gasteiger partial charge in [0.2, 0.25) is 0 Å². The van der Waals surface area contributed by atoms with E-state index in [1.165, 1.54) is 44.2 Å². The molecule has 0 amide bonds. The van der Waals surface area contributed by atoms with Crippen molar-refractivity contribution in [3.05, 3.63) is 18.2 Å². The molecule has 1 aromatic heterocycles. The Balaban J connectivity index is 1.79. The van der Waals surface area contributed by atoms with Crippen LogP contribution < -0.4 is 5.32 Å². The Hall–Kier alpha value is -0.830. The van der Waals surface area contributed by atoms with Crippen molar-refractivity contribution < 1.29 is 0 Å². The summed E-state index contributed by atoms with van der Waals surface area (Å²) in [5.74, 6) is 0. The van der Waals surface area contributed by atoms with Crippen molar-refractivity contribution in [1.29, 1.82) is 0 Å². The quantitative estimate of drug-likeness (QED) is 0.770. The van der Waals surface area contributed by atoms with Crippen molar-refractivity contribution in [2.24, 2.45) is 7.05 Å². The molecule has 0 aromatic carbocycles. The molecule has 3 nitrogen and oxygen atoms in total. The number of aromatic nitrogens is 2. The van der Waals surface area contributed by atoms with Crippen LogP contribution in [0.2, 0.25) is 0 Å². The predicted octanol–water partition coefficient (Wildman–Crippen LogP) is 2.23. The van der Waals surface area contributed by atoms with Crippen molar-refractivity contribution in [3.63, 3.8) is 0 Å². The normalized spacial score (nSPS) is 19.0. The number of nitrogens with zero attached hydrogens (tertiary/aromatic N) is 2. The van der Waals surface area contributed by atoms with Crippen molar-refractivity contribution in [2.75, 3.05) is 0 Å². The monoisotopic (exact) mass is 207 g/mol. The molecule has 0 spiro atoms. The molecule has 0 radical (unpaired) electrons. The molecule has 1 saturated carbocycles. The Morgan fingerprint density at radius 2 is 2.07 bits per heavy atom. The van der Waals surface area contributed by atoms with E-state index < -0.39 is 0 Å². The highest BCUT2D eigenvalue weighted by molar-refractivity contribution is 4.97. The van der Waals surface area contributed by atoms with E-state index in [1.807, 2.05) is 12.5 Å². The first-order chi connectivity index (χ1) is 7.36. The SMILES string of the molecule is Cn1cncc1CNC1CCCCCC1. The number of rotatable bonds is 3. The van der Waals surface area contributed by atoms with Crippen LogP contribution in [0.4, 0.5) is 0 Å². The fraction of sp³-hybridized carbons (Fsp3) is 0.750. The summed E-state index contributed by atoms with van der Waals surface area (Å²) in [6.45, 7) is 0.959. The molecule has 0 saturated heterocycles. The van der Waals surface area contributed by atoms with E-state index in [4.69, 9.17) is 0 Å². The fourth-order valence-electron chi connectivity index (χ4n) is 2.29. The highest BCUT2D eigenvalue weighted by Gasteiger charge is 2.11. The lowest BCUT2D eigenvalue weighted by molar-refractivity contribution is 0.453. The second-order valence-corrected chi connectivity index (χ2v) is 4.57. The highest BCUT2D eigenvalue weighted by Crippen LogP contribution is 2.17. The Kier molecular flexibility index (Phi) is 3.78. The Bertz CT molecular complexity index is 285. The molecular formula is C12H21N3. The first-order valence-electron chi connectivity index (χ1n) is 6.05. The average Bonchev–Trinajstić information content (AvgIpc) is 2.53. The van der Waals surface area contributed by atoms with E-state index in [0.717, 1.165) is 12.6 Å². The lowest BCUT2D eigenvalue weighted by Gasteiger charge is -2.16. The van der Waals surface area contributed by atoms with Gasteiger partial charge >= 0.3 is 0 Å². The molecule has 1 aliphatic carbocycles. The third kappa shape index (κ3) is 3.06. The van der Waals surface area contributed by atoms with Crippen LogP contribution in [0.25, 0.3) is 0 Å². The lowest BCUT2D eigenvalue weighted by Crippen LogP contribution is -2.28. The van der Waals surface area contributed by atoms with E-state index in [1.54, 1.807) is 0 Å². The van der Waals surface area contributed by atoms with Gasteiger partial charge in [-0.1, -0.05) is 25.7 Å². The summed E-state index contributed by atoms with van der Waals surface area (Å²) in [6, 6.07) is 0.724. The minimum absolute atomic E-state index is 0.724. The smallest absolute Gasteiger partial charge is 0.0945 e. The highest BCUT2D eigenvalue weighted by atomic mass is 15.0. The zero-order chi connectivity index (χ0) is 10.5. The second kappa shape index (κ2) is 5.31. The molecule has 0 atom stereocenters. The van der Waals surface area contributed by atoms with Crippen LogP contribution in [0, 0.1) is 0 Å². The van der Waals surface area contributed by atoms with Gasteiger partial charge in [-0.2, -0.15) is 0 Å². The average molecular weight is 207 g/mol. The Labute approximate surface area is 91.9 Å². The first kappa shape index (κ1) is 10.7. The number of aryl methyl sites for hydroxylation is 1. The molecule has 0 aliphatic heterocycles. The van der Waals surface area contributed by atoms with Gasteiger partial charge in [-0.05, 0) is 12.8 Å². The van der Waals surface area contributed by atoms with E-state index in [9.17, 15) is 0 Å². The van der Waals surface area contributed by atoms with E-state index in [2.05, 4.69) is 21.9 Å². The molecule has 2 rings (SSSR count). The molecular weight excluding hydrogens is 186 g/mol. The van der Waals surface area contributed by atoms with E-state index in [0.29, 0.717) is 0 Å². The molecule has 1 aliphatic rings. The number of nitrogens with one attached hydrogen (secondary N) is 1. The maximum Gasteiger partial charge on any atom is 0.0945 e. The van der Waals surface area contributed by atoms with E-state index >= 15 is 0 Å². The van der Waals surface area contributed by atoms with Gasteiger partial charge in [0.25, 0.3) is 0 Å². The molecule has 84 valence electrons. The molecule has 1 heterocycles. The van der Waals surface area contributed by atoms with Crippen LogP contribution in [0.3, 0.4) is 0 Å². The lowest BCUT2D eigenvalue weighted by atomic mass is 10.1. The standard InChI is InChI=1S/C12H21N3/c1-15-10-13-8-12(15)9-14-11-6-4-2-3-5-7-11/h8,10-11,14H,2-7,9H2,1H3. The predicted molar refractivity (Wildman–Crippen MR) is 61.5 cm³/mol. The van der Waals surface area contributed by atoms with Gasteiger partial charge in [-0.3, -0.25) is 0 Å². The minimum atomic E-state index is 0.724. The fourth-order valence-corrected chi connectivity index (χ4v) is 2.29. The summed E-state index contributed by atoms with van der Waals surface area (Å²) < 4.78 is 2.09. The first-order valence-corrected chi connectivity index (χ1v) is 6.05. The maximum atomic E-state index is 4.13. The molecule has 0 bridgehead atoms. The summed E-state index contributed by atoms with van der Waals surface area (Å²) >= 11 is 0. The summed E-state index contributed by atoms with van der Waals surface area (Å²) in [4.78, 5) is 4.13. The summed E-state index contributed by atoms with van der Waals surface area (Å²) in [5.41, 5.74) is 1.28. The Morgan fingerprint density at radius 3 is 2.67 bits per heavy atom. The third-order valence-electron chi connectivity index (χ3n) is 3.34. The van der Waals surface area contributed by atoms with Crippen molar-refractivity contribution in [2.45, 2.75) is 51.1 Å². The topological polar surface area (TPSA) is 29.9 Å². The van der Waals surface area contributed by atoms with Gasteiger partial charge in [-0.15, -0.1) is 0 Å². The summed E-state index contributed by atoms with van der Waals surface area (Å²) in [6.07, 6.45) is 12.1. The molecule has 0 unspecified atom stereocenters. The molecule has 3 heteroatoms. The number of hydrogen-bond acceptors (Lipinski definition) is 2. The van der Waals surface area contributed by atoms with Crippen molar-refractivity contribution in [1.82, 2.24) is 14.9 Å². The van der Waals surface area contributed by atoms with Crippen LogP contribution in [-0.2, 0) is 13.6 Å². The van der Waals surface area contributed by atoms with Crippen LogP contribution in [-0.4, -0.2) is 15.6 Å². The maximum absolute atomic E-state index is 4.13. The largest absolute Gasteiger partial charge is 0.337 e. The van der Waals surface area contributed by atoms with Gasteiger partial charge in [0.15, 0.2) is 0 Å². The van der Waals surface area contributed by atoms with Crippen molar-refractivity contribution in [3.8, 4) is 0 Å². The second-order valence-electron chi connectivity index (χ2n) is 4.57. The number of hydrogen-bond donors (Lipinski definition) is 1. The van der Waals surface area contributed by atoms with Gasteiger partial charge in [0.1, 0.15) is 0 Å². The van der Waals surface area contributed by atoms with Gasteiger partial charge in [-0.25, -0.2) is 4.98 Å². The summed E-state index contributed by atoms with van der Waals surface area (Å²) in [7, 11) is 2.05. The van der Waals surface area contributed by atoms with Gasteiger partial charge in [0, 0.05) is 25.8 Å². The minimum Gasteiger partial charge on any atom is -0.337 e. The Morgan fingerprint density at radius 1 is 1.33 bits per heavy atom. The summed E-state index contributed by atoms with van der Waals surface area (Å²) in [5, 5.41) is 3.64. The zero-order valence-corrected chi connectivity index (χ0v) is 9.58. The zero-order valence-electron chi connectivity index (χ0n) is 9.58. The van der Waals surface area contributed by atoms with Crippen LogP contribution in [0.5, 0.6) is 0 Å². The van der Waals surface area contributed by atoms with Crippen LogP contribution in [0.1, 0.15) is 44.2 Å². The molecule has 1 N–H and O–H groups in total.